The molecule has 1 amide bonds. The second-order valence-electron chi connectivity index (χ2n) is 6.06. The minimum atomic E-state index is 0.0764. The summed E-state index contributed by atoms with van der Waals surface area (Å²) in [6.07, 6.45) is 1.94. The maximum atomic E-state index is 12.0. The summed E-state index contributed by atoms with van der Waals surface area (Å²) in [5.74, 6) is 0.889. The van der Waals surface area contributed by atoms with Crippen LogP contribution in [0, 0.1) is 0 Å². The second-order valence-corrected chi connectivity index (χ2v) is 6.92. The number of ether oxygens (including phenoxy) is 1. The van der Waals surface area contributed by atoms with Crippen LogP contribution < -0.4 is 15.4 Å². The predicted molar refractivity (Wildman–Crippen MR) is 104 cm³/mol. The zero-order valence-electron chi connectivity index (χ0n) is 14.8. The molecule has 0 heterocycles. The molecule has 25 heavy (non-hydrogen) atoms. The van der Waals surface area contributed by atoms with Crippen LogP contribution in [0.2, 0.25) is 0 Å². The molecule has 2 rings (SSSR count). The summed E-state index contributed by atoms with van der Waals surface area (Å²) in [7, 11) is 1.65. The minimum absolute atomic E-state index is 0.0764. The lowest BCUT2D eigenvalue weighted by Gasteiger charge is -2.13. The number of methoxy groups -OCH3 is 1. The summed E-state index contributed by atoms with van der Waals surface area (Å²) in [5, 5.41) is 5.03. The topological polar surface area (TPSA) is 54.9 Å². The van der Waals surface area contributed by atoms with Crippen molar-refractivity contribution in [3.8, 4) is 5.75 Å². The molecular weight excluding hydrogens is 380 g/mol. The number of hydrogen-bond donors (Lipinski definition) is 2. The molecule has 0 saturated heterocycles. The first-order chi connectivity index (χ1) is 12.1. The van der Waals surface area contributed by atoms with Crippen molar-refractivity contribution in [1.29, 1.82) is 0 Å². The third kappa shape index (κ3) is 6.52. The fourth-order valence-electron chi connectivity index (χ4n) is 2.62. The van der Waals surface area contributed by atoms with Crippen molar-refractivity contribution < 1.29 is 14.8 Å². The quantitative estimate of drug-likeness (QED) is 0.630. The van der Waals surface area contributed by atoms with Crippen LogP contribution in [0.15, 0.2) is 53.0 Å². The number of rotatable bonds is 9. The average Bonchev–Trinajstić information content (AvgIpc) is 2.64. The number of aryl methyl sites for hydroxylation is 1. The number of hydrogen-bond acceptors (Lipinski definition) is 2. The summed E-state index contributed by atoms with van der Waals surface area (Å²) >= 11 is 3.50. The van der Waals surface area contributed by atoms with Gasteiger partial charge in [-0.05, 0) is 59.5 Å². The normalized spacial score (nSPS) is 11.8. The lowest BCUT2D eigenvalue weighted by Crippen LogP contribution is -2.87. The molecule has 0 fully saturated rings. The van der Waals surface area contributed by atoms with Crippen molar-refractivity contribution in [2.24, 2.45) is 0 Å². The van der Waals surface area contributed by atoms with E-state index in [1.807, 2.05) is 41.7 Å². The highest BCUT2D eigenvalue weighted by molar-refractivity contribution is 9.10. The molecule has 5 heteroatoms. The van der Waals surface area contributed by atoms with E-state index in [-0.39, 0.29) is 11.9 Å². The van der Waals surface area contributed by atoms with E-state index in [0.29, 0.717) is 13.1 Å². The smallest absolute Gasteiger partial charge is 0.275 e. The van der Waals surface area contributed by atoms with Crippen LogP contribution in [0.4, 0.5) is 0 Å². The van der Waals surface area contributed by atoms with E-state index in [9.17, 15) is 4.79 Å². The van der Waals surface area contributed by atoms with Gasteiger partial charge in [-0.3, -0.25) is 4.79 Å². The van der Waals surface area contributed by atoms with E-state index < -0.39 is 0 Å². The molecular formula is C20H26BrN2O2+. The molecule has 0 saturated carbocycles. The van der Waals surface area contributed by atoms with E-state index in [0.717, 1.165) is 28.6 Å². The van der Waals surface area contributed by atoms with Crippen LogP contribution in [-0.4, -0.2) is 26.1 Å². The molecule has 0 unspecified atom stereocenters. The van der Waals surface area contributed by atoms with Gasteiger partial charge in [0.25, 0.3) is 5.91 Å². The van der Waals surface area contributed by atoms with Gasteiger partial charge in [-0.15, -0.1) is 0 Å². The summed E-state index contributed by atoms with van der Waals surface area (Å²) in [5.41, 5.74) is 2.46. The number of nitrogens with one attached hydrogen (secondary N) is 1. The minimum Gasteiger partial charge on any atom is -0.496 e. The molecule has 0 aliphatic rings. The Balaban J connectivity index is 1.68. The molecule has 0 aromatic heterocycles. The molecule has 0 spiro atoms. The Morgan fingerprint density at radius 3 is 2.68 bits per heavy atom. The van der Waals surface area contributed by atoms with E-state index >= 15 is 0 Å². The number of carbonyl (C=O) groups excluding carboxylic acids is 1. The van der Waals surface area contributed by atoms with Gasteiger partial charge in [-0.25, -0.2) is 0 Å². The highest BCUT2D eigenvalue weighted by atomic mass is 79.9. The number of nitrogens with two attached hydrogens (primary N) is 1. The van der Waals surface area contributed by atoms with Gasteiger partial charge in [0.05, 0.1) is 11.6 Å². The molecule has 1 atom stereocenters. The largest absolute Gasteiger partial charge is 0.496 e. The van der Waals surface area contributed by atoms with E-state index in [1.165, 1.54) is 5.56 Å². The molecule has 3 N–H and O–H groups in total. The van der Waals surface area contributed by atoms with Gasteiger partial charge in [0, 0.05) is 12.1 Å². The summed E-state index contributed by atoms with van der Waals surface area (Å²) in [6, 6.07) is 16.5. The first kappa shape index (κ1) is 19.5. The maximum Gasteiger partial charge on any atom is 0.275 e. The zero-order valence-corrected chi connectivity index (χ0v) is 16.4. The monoisotopic (exact) mass is 405 g/mol. The number of amides is 1. The van der Waals surface area contributed by atoms with Gasteiger partial charge < -0.3 is 15.4 Å². The molecule has 0 bridgehead atoms. The third-order valence-electron chi connectivity index (χ3n) is 4.17. The molecule has 0 aliphatic heterocycles. The molecule has 4 nitrogen and oxygen atoms in total. The number of quaternary nitrogens is 1. The number of carbonyl (C=O) groups is 1. The Morgan fingerprint density at radius 2 is 2.00 bits per heavy atom. The maximum absolute atomic E-state index is 12.0. The van der Waals surface area contributed by atoms with Gasteiger partial charge in [0.15, 0.2) is 6.54 Å². The van der Waals surface area contributed by atoms with Crippen molar-refractivity contribution >= 4 is 21.8 Å². The Hall–Kier alpha value is -1.85. The standard InChI is InChI=1S/C20H25BrN2O2/c1-15(17-10-11-19(25-2)18(21)13-17)23-14-20(24)22-12-6-9-16-7-4-3-5-8-16/h3-5,7-8,10-11,13,15,23H,6,9,12,14H2,1-2H3,(H,22,24)/p+1/t15-/m0/s1. The molecule has 134 valence electrons. The van der Waals surface area contributed by atoms with Crippen LogP contribution in [0.1, 0.15) is 30.5 Å². The lowest BCUT2D eigenvalue weighted by atomic mass is 10.1. The first-order valence-electron chi connectivity index (χ1n) is 8.57. The fraction of sp³-hybridized carbons (Fsp3) is 0.350. The highest BCUT2D eigenvalue weighted by Crippen LogP contribution is 2.26. The Labute approximate surface area is 158 Å². The van der Waals surface area contributed by atoms with Crippen LogP contribution in [0.5, 0.6) is 5.75 Å². The molecule has 2 aromatic rings. The van der Waals surface area contributed by atoms with Crippen molar-refractivity contribution in [2.45, 2.75) is 25.8 Å². The highest BCUT2D eigenvalue weighted by Gasteiger charge is 2.13. The van der Waals surface area contributed by atoms with Crippen LogP contribution in [-0.2, 0) is 11.2 Å². The second kappa shape index (κ2) is 10.2. The Morgan fingerprint density at radius 1 is 1.24 bits per heavy atom. The molecule has 0 radical (unpaired) electrons. The average molecular weight is 406 g/mol. The van der Waals surface area contributed by atoms with E-state index in [4.69, 9.17) is 4.74 Å². The van der Waals surface area contributed by atoms with Crippen molar-refractivity contribution in [3.63, 3.8) is 0 Å². The number of benzene rings is 2. The van der Waals surface area contributed by atoms with Gasteiger partial charge in [0.2, 0.25) is 0 Å². The van der Waals surface area contributed by atoms with Crippen LogP contribution in [0.25, 0.3) is 0 Å². The Bertz CT molecular complexity index is 677. The van der Waals surface area contributed by atoms with Gasteiger partial charge in [-0.2, -0.15) is 0 Å². The summed E-state index contributed by atoms with van der Waals surface area (Å²) in [6.45, 7) is 3.23. The van der Waals surface area contributed by atoms with E-state index in [1.54, 1.807) is 7.11 Å². The SMILES string of the molecule is COc1ccc([C@H](C)[NH2+]CC(=O)NCCCc2ccccc2)cc1Br. The summed E-state index contributed by atoms with van der Waals surface area (Å²) < 4.78 is 6.17. The Kier molecular flexibility index (Phi) is 7.95. The molecule has 2 aromatic carbocycles. The fourth-order valence-corrected chi connectivity index (χ4v) is 3.18. The summed E-state index contributed by atoms with van der Waals surface area (Å²) in [4.78, 5) is 12.0. The van der Waals surface area contributed by atoms with Gasteiger partial charge in [0.1, 0.15) is 11.8 Å². The predicted octanol–water partition coefficient (Wildman–Crippen LogP) is 2.83. The number of halogens is 1. The van der Waals surface area contributed by atoms with E-state index in [2.05, 4.69) is 40.3 Å². The van der Waals surface area contributed by atoms with Crippen molar-refractivity contribution in [1.82, 2.24) is 5.32 Å². The first-order valence-corrected chi connectivity index (χ1v) is 9.37. The van der Waals surface area contributed by atoms with Crippen molar-refractivity contribution in [2.75, 3.05) is 20.2 Å². The lowest BCUT2D eigenvalue weighted by molar-refractivity contribution is -0.682. The molecule has 0 aliphatic carbocycles. The van der Waals surface area contributed by atoms with Gasteiger partial charge >= 0.3 is 0 Å². The van der Waals surface area contributed by atoms with Crippen molar-refractivity contribution in [3.05, 3.63) is 64.1 Å². The third-order valence-corrected chi connectivity index (χ3v) is 4.79. The zero-order chi connectivity index (χ0) is 18.1. The van der Waals surface area contributed by atoms with Gasteiger partial charge in [-0.1, -0.05) is 30.3 Å². The van der Waals surface area contributed by atoms with Crippen LogP contribution >= 0.6 is 15.9 Å². The van der Waals surface area contributed by atoms with Crippen LogP contribution in [0.3, 0.4) is 0 Å².